The predicted molar refractivity (Wildman–Crippen MR) is 54.0 cm³/mol. The van der Waals surface area contributed by atoms with Crippen molar-refractivity contribution in [2.75, 3.05) is 26.4 Å². The lowest BCUT2D eigenvalue weighted by molar-refractivity contribution is -0.121. The van der Waals surface area contributed by atoms with Crippen molar-refractivity contribution in [3.05, 3.63) is 0 Å². The van der Waals surface area contributed by atoms with Crippen LogP contribution in [0.3, 0.4) is 0 Å². The maximum absolute atomic E-state index is 11.1. The molecule has 2 amide bonds. The Balaban J connectivity index is 3.22. The molecule has 0 aromatic rings. The molecule has 0 aliphatic carbocycles. The molecule has 0 atom stereocenters. The van der Waals surface area contributed by atoms with Crippen LogP contribution in [0.4, 0.5) is 0 Å². The zero-order valence-electron chi connectivity index (χ0n) is 8.70. The average molecular weight is 218 g/mol. The summed E-state index contributed by atoms with van der Waals surface area (Å²) in [6.45, 7) is 1.04. The Morgan fingerprint density at radius 3 is 2.60 bits per heavy atom. The van der Waals surface area contributed by atoms with Crippen molar-refractivity contribution < 1.29 is 19.4 Å². The highest BCUT2D eigenvalue weighted by Crippen LogP contribution is 1.93. The van der Waals surface area contributed by atoms with E-state index in [0.717, 1.165) is 0 Å². The minimum Gasteiger partial charge on any atom is -0.394 e. The topological polar surface area (TPSA) is 102 Å². The normalized spacial score (nSPS) is 9.93. The van der Waals surface area contributed by atoms with Gasteiger partial charge in [-0.3, -0.25) is 9.59 Å². The highest BCUT2D eigenvalue weighted by molar-refractivity contribution is 5.77. The minimum atomic E-state index is -0.394. The summed E-state index contributed by atoms with van der Waals surface area (Å²) >= 11 is 0. The van der Waals surface area contributed by atoms with Gasteiger partial charge in [0.05, 0.1) is 19.8 Å². The zero-order valence-corrected chi connectivity index (χ0v) is 8.70. The summed E-state index contributed by atoms with van der Waals surface area (Å²) in [5.74, 6) is -0.516. The van der Waals surface area contributed by atoms with Crippen molar-refractivity contribution in [3.8, 4) is 0 Å². The van der Waals surface area contributed by atoms with E-state index in [1.54, 1.807) is 0 Å². The average Bonchev–Trinajstić information content (AvgIpc) is 2.17. The molecule has 6 heteroatoms. The second-order valence-corrected chi connectivity index (χ2v) is 3.01. The van der Waals surface area contributed by atoms with Gasteiger partial charge in [0.15, 0.2) is 0 Å². The Kier molecular flexibility index (Phi) is 8.70. The standard InChI is InChI=1S/C9H18N2O4/c10-8(13)2-1-3-9(14)11-4-6-15-7-5-12/h12H,1-7H2,(H2,10,13)(H,11,14). The first kappa shape index (κ1) is 13.9. The van der Waals surface area contributed by atoms with Crippen LogP contribution >= 0.6 is 0 Å². The lowest BCUT2D eigenvalue weighted by Gasteiger charge is -2.04. The number of amides is 2. The lowest BCUT2D eigenvalue weighted by Crippen LogP contribution is -2.27. The van der Waals surface area contributed by atoms with E-state index >= 15 is 0 Å². The number of hydrogen-bond donors (Lipinski definition) is 3. The molecule has 0 spiro atoms. The van der Waals surface area contributed by atoms with Gasteiger partial charge >= 0.3 is 0 Å². The fourth-order valence-electron chi connectivity index (χ4n) is 0.941. The molecule has 4 N–H and O–H groups in total. The Bertz CT molecular complexity index is 197. The smallest absolute Gasteiger partial charge is 0.220 e. The van der Waals surface area contributed by atoms with Gasteiger partial charge in [-0.05, 0) is 6.42 Å². The van der Waals surface area contributed by atoms with Crippen LogP contribution in [0.1, 0.15) is 19.3 Å². The van der Waals surface area contributed by atoms with Gasteiger partial charge in [-0.1, -0.05) is 0 Å². The van der Waals surface area contributed by atoms with E-state index in [0.29, 0.717) is 26.0 Å². The summed E-state index contributed by atoms with van der Waals surface area (Å²) in [5, 5.41) is 11.0. The van der Waals surface area contributed by atoms with Crippen LogP contribution in [0, 0.1) is 0 Å². The number of nitrogens with one attached hydrogen (secondary N) is 1. The van der Waals surface area contributed by atoms with E-state index < -0.39 is 5.91 Å². The molecular formula is C9H18N2O4. The first-order valence-electron chi connectivity index (χ1n) is 4.90. The molecule has 0 rings (SSSR count). The van der Waals surface area contributed by atoms with Crippen LogP contribution < -0.4 is 11.1 Å². The van der Waals surface area contributed by atoms with Gasteiger partial charge in [0.25, 0.3) is 0 Å². The Hall–Kier alpha value is -1.14. The van der Waals surface area contributed by atoms with Crippen LogP contribution in [0.15, 0.2) is 0 Å². The third kappa shape index (κ3) is 10.8. The zero-order chi connectivity index (χ0) is 11.5. The van der Waals surface area contributed by atoms with Crippen molar-refractivity contribution in [2.45, 2.75) is 19.3 Å². The van der Waals surface area contributed by atoms with Gasteiger partial charge in [-0.15, -0.1) is 0 Å². The molecule has 88 valence electrons. The third-order valence-corrected chi connectivity index (χ3v) is 1.63. The maximum atomic E-state index is 11.1. The number of carbonyl (C=O) groups is 2. The molecule has 0 aliphatic heterocycles. The van der Waals surface area contributed by atoms with Crippen molar-refractivity contribution in [1.82, 2.24) is 5.32 Å². The first-order valence-corrected chi connectivity index (χ1v) is 4.90. The Morgan fingerprint density at radius 2 is 2.00 bits per heavy atom. The number of aliphatic hydroxyl groups excluding tert-OH is 1. The Morgan fingerprint density at radius 1 is 1.27 bits per heavy atom. The number of aliphatic hydroxyl groups is 1. The molecule has 0 aromatic heterocycles. The van der Waals surface area contributed by atoms with Crippen molar-refractivity contribution >= 4 is 11.8 Å². The van der Waals surface area contributed by atoms with E-state index in [1.807, 2.05) is 0 Å². The van der Waals surface area contributed by atoms with E-state index in [2.05, 4.69) is 5.32 Å². The molecule has 0 fully saturated rings. The molecule has 0 radical (unpaired) electrons. The monoisotopic (exact) mass is 218 g/mol. The predicted octanol–water partition coefficient (Wildman–Crippen LogP) is -1.23. The van der Waals surface area contributed by atoms with Crippen LogP contribution in [-0.4, -0.2) is 43.3 Å². The van der Waals surface area contributed by atoms with E-state index in [4.69, 9.17) is 15.6 Å². The highest BCUT2D eigenvalue weighted by atomic mass is 16.5. The van der Waals surface area contributed by atoms with Crippen molar-refractivity contribution in [1.29, 1.82) is 0 Å². The summed E-state index contributed by atoms with van der Waals surface area (Å²) in [7, 11) is 0. The van der Waals surface area contributed by atoms with Gasteiger partial charge < -0.3 is 20.9 Å². The molecule has 0 saturated carbocycles. The molecular weight excluding hydrogens is 200 g/mol. The molecule has 0 unspecified atom stereocenters. The number of carbonyl (C=O) groups excluding carboxylic acids is 2. The van der Waals surface area contributed by atoms with Crippen LogP contribution in [-0.2, 0) is 14.3 Å². The highest BCUT2D eigenvalue weighted by Gasteiger charge is 2.01. The molecule has 0 aliphatic rings. The quantitative estimate of drug-likeness (QED) is 0.421. The second kappa shape index (κ2) is 9.42. The Labute approximate surface area is 88.8 Å². The van der Waals surface area contributed by atoms with Gasteiger partial charge in [-0.25, -0.2) is 0 Å². The molecule has 15 heavy (non-hydrogen) atoms. The summed E-state index contributed by atoms with van der Waals surface area (Å²) in [5.41, 5.74) is 4.92. The van der Waals surface area contributed by atoms with E-state index in [-0.39, 0.29) is 25.5 Å². The number of primary amides is 1. The fraction of sp³-hybridized carbons (Fsp3) is 0.778. The molecule has 0 bridgehead atoms. The molecule has 6 nitrogen and oxygen atoms in total. The van der Waals surface area contributed by atoms with Crippen molar-refractivity contribution in [2.24, 2.45) is 5.73 Å². The fourth-order valence-corrected chi connectivity index (χ4v) is 0.941. The van der Waals surface area contributed by atoms with Crippen LogP contribution in [0.5, 0.6) is 0 Å². The largest absolute Gasteiger partial charge is 0.394 e. The van der Waals surface area contributed by atoms with E-state index in [9.17, 15) is 9.59 Å². The third-order valence-electron chi connectivity index (χ3n) is 1.63. The number of rotatable bonds is 9. The summed E-state index contributed by atoms with van der Waals surface area (Å²) < 4.78 is 4.94. The van der Waals surface area contributed by atoms with Crippen LogP contribution in [0.2, 0.25) is 0 Å². The molecule has 0 saturated heterocycles. The van der Waals surface area contributed by atoms with E-state index in [1.165, 1.54) is 0 Å². The minimum absolute atomic E-state index is 0.0213. The second-order valence-electron chi connectivity index (χ2n) is 3.01. The summed E-state index contributed by atoms with van der Waals surface area (Å²) in [6, 6.07) is 0. The summed E-state index contributed by atoms with van der Waals surface area (Å²) in [6.07, 6.45) is 0.996. The lowest BCUT2D eigenvalue weighted by atomic mass is 10.2. The van der Waals surface area contributed by atoms with Gasteiger partial charge in [0, 0.05) is 19.4 Å². The SMILES string of the molecule is NC(=O)CCCC(=O)NCCOCCO. The number of ether oxygens (including phenoxy) is 1. The van der Waals surface area contributed by atoms with Gasteiger partial charge in [0.1, 0.15) is 0 Å². The van der Waals surface area contributed by atoms with Gasteiger partial charge in [-0.2, -0.15) is 0 Å². The molecule has 0 heterocycles. The van der Waals surface area contributed by atoms with Gasteiger partial charge in [0.2, 0.25) is 11.8 Å². The van der Waals surface area contributed by atoms with Crippen LogP contribution in [0.25, 0.3) is 0 Å². The number of nitrogens with two attached hydrogens (primary N) is 1. The molecule has 0 aromatic carbocycles. The maximum Gasteiger partial charge on any atom is 0.220 e. The summed E-state index contributed by atoms with van der Waals surface area (Å²) in [4.78, 5) is 21.4. The van der Waals surface area contributed by atoms with Crippen molar-refractivity contribution in [3.63, 3.8) is 0 Å². The first-order chi connectivity index (χ1) is 7.16. The number of hydrogen-bond acceptors (Lipinski definition) is 4.